The highest BCUT2D eigenvalue weighted by Gasteiger charge is 2.20. The maximum absolute atomic E-state index is 6.18. The average molecular weight is 230 g/mol. The summed E-state index contributed by atoms with van der Waals surface area (Å²) in [5.41, 5.74) is 9.12. The number of nitrogens with two attached hydrogens (primary N) is 1. The van der Waals surface area contributed by atoms with Crippen molar-refractivity contribution in [1.82, 2.24) is 14.5 Å². The number of nitrogen functional groups attached to an aromatic ring is 1. The summed E-state index contributed by atoms with van der Waals surface area (Å²) >= 11 is 0. The Kier molecular flexibility index (Phi) is 2.50. The van der Waals surface area contributed by atoms with Crippen molar-refractivity contribution in [2.45, 2.75) is 39.2 Å². The van der Waals surface area contributed by atoms with E-state index in [1.54, 1.807) is 12.4 Å². The lowest BCUT2D eigenvalue weighted by Gasteiger charge is -2.12. The molecule has 1 aliphatic carbocycles. The second-order valence-corrected chi connectivity index (χ2v) is 5.00. The number of hydrogen-bond acceptors (Lipinski definition) is 3. The third-order valence-corrected chi connectivity index (χ3v) is 3.88. The summed E-state index contributed by atoms with van der Waals surface area (Å²) in [7, 11) is 0. The molecule has 0 unspecified atom stereocenters. The van der Waals surface area contributed by atoms with E-state index in [1.807, 2.05) is 6.92 Å². The van der Waals surface area contributed by atoms with Gasteiger partial charge in [0, 0.05) is 24.5 Å². The SMILES string of the molecule is Cc1c(N)n(CC2CCCC2)c2nccnc12. The van der Waals surface area contributed by atoms with Gasteiger partial charge in [0.05, 0.1) is 0 Å². The maximum Gasteiger partial charge on any atom is 0.160 e. The highest BCUT2D eigenvalue weighted by atomic mass is 15.1. The topological polar surface area (TPSA) is 56.7 Å². The fourth-order valence-corrected chi connectivity index (χ4v) is 2.87. The summed E-state index contributed by atoms with van der Waals surface area (Å²) in [4.78, 5) is 8.80. The third kappa shape index (κ3) is 1.68. The Morgan fingerprint density at radius 2 is 2.00 bits per heavy atom. The van der Waals surface area contributed by atoms with Crippen molar-refractivity contribution in [1.29, 1.82) is 0 Å². The van der Waals surface area contributed by atoms with Crippen LogP contribution < -0.4 is 5.73 Å². The molecule has 2 aromatic rings. The molecule has 3 rings (SSSR count). The second kappa shape index (κ2) is 4.02. The van der Waals surface area contributed by atoms with Gasteiger partial charge in [-0.2, -0.15) is 0 Å². The highest BCUT2D eigenvalue weighted by molar-refractivity contribution is 5.82. The maximum atomic E-state index is 6.18. The van der Waals surface area contributed by atoms with Crippen molar-refractivity contribution >= 4 is 17.0 Å². The van der Waals surface area contributed by atoms with E-state index in [0.717, 1.165) is 35.0 Å². The summed E-state index contributed by atoms with van der Waals surface area (Å²) < 4.78 is 2.15. The molecule has 4 heteroatoms. The molecule has 0 bridgehead atoms. The summed E-state index contributed by atoms with van der Waals surface area (Å²) in [5.74, 6) is 1.59. The quantitative estimate of drug-likeness (QED) is 0.862. The van der Waals surface area contributed by atoms with Crippen molar-refractivity contribution in [2.24, 2.45) is 5.92 Å². The van der Waals surface area contributed by atoms with Crippen LogP contribution in [-0.2, 0) is 6.54 Å². The van der Waals surface area contributed by atoms with E-state index in [1.165, 1.54) is 25.7 Å². The molecule has 2 N–H and O–H groups in total. The van der Waals surface area contributed by atoms with Crippen LogP contribution in [-0.4, -0.2) is 14.5 Å². The van der Waals surface area contributed by atoms with Gasteiger partial charge in [-0.15, -0.1) is 0 Å². The average Bonchev–Trinajstić information content (AvgIpc) is 2.94. The van der Waals surface area contributed by atoms with Crippen molar-refractivity contribution < 1.29 is 0 Å². The summed E-state index contributed by atoms with van der Waals surface area (Å²) in [6, 6.07) is 0. The van der Waals surface area contributed by atoms with Gasteiger partial charge in [-0.05, 0) is 25.7 Å². The van der Waals surface area contributed by atoms with E-state index in [-0.39, 0.29) is 0 Å². The molecule has 90 valence electrons. The molecule has 0 saturated heterocycles. The number of fused-ring (bicyclic) bond motifs is 1. The van der Waals surface area contributed by atoms with E-state index in [4.69, 9.17) is 5.73 Å². The molecule has 1 saturated carbocycles. The largest absolute Gasteiger partial charge is 0.385 e. The standard InChI is InChI=1S/C13H18N4/c1-9-11-13(16-7-6-15-11)17(12(9)14)8-10-4-2-3-5-10/h6-7,10H,2-5,8,14H2,1H3. The molecular formula is C13H18N4. The Labute approximate surface area is 101 Å². The number of aromatic nitrogens is 3. The fraction of sp³-hybridized carbons (Fsp3) is 0.538. The molecule has 0 spiro atoms. The number of aryl methyl sites for hydroxylation is 1. The molecule has 0 aliphatic heterocycles. The highest BCUT2D eigenvalue weighted by Crippen LogP contribution is 2.30. The fourth-order valence-electron chi connectivity index (χ4n) is 2.87. The van der Waals surface area contributed by atoms with Gasteiger partial charge < -0.3 is 10.3 Å². The summed E-state index contributed by atoms with van der Waals surface area (Å²) in [5, 5.41) is 0. The van der Waals surface area contributed by atoms with Gasteiger partial charge in [0.2, 0.25) is 0 Å². The minimum absolute atomic E-state index is 0.759. The summed E-state index contributed by atoms with van der Waals surface area (Å²) in [6.45, 7) is 3.02. The Bertz CT molecular complexity index is 538. The lowest BCUT2D eigenvalue weighted by molar-refractivity contribution is 0.467. The van der Waals surface area contributed by atoms with Gasteiger partial charge in [0.15, 0.2) is 5.65 Å². The van der Waals surface area contributed by atoms with E-state index < -0.39 is 0 Å². The molecule has 1 aliphatic rings. The van der Waals surface area contributed by atoms with Crippen LogP contribution >= 0.6 is 0 Å². The van der Waals surface area contributed by atoms with Crippen molar-refractivity contribution in [2.75, 3.05) is 5.73 Å². The first kappa shape index (κ1) is 10.6. The third-order valence-electron chi connectivity index (χ3n) is 3.88. The van der Waals surface area contributed by atoms with Gasteiger partial charge in [0.1, 0.15) is 11.3 Å². The minimum Gasteiger partial charge on any atom is -0.385 e. The molecule has 0 aromatic carbocycles. The lowest BCUT2D eigenvalue weighted by atomic mass is 10.1. The van der Waals surface area contributed by atoms with E-state index in [9.17, 15) is 0 Å². The first-order valence-corrected chi connectivity index (χ1v) is 6.32. The Hall–Kier alpha value is -1.58. The predicted molar refractivity (Wildman–Crippen MR) is 68.6 cm³/mol. The van der Waals surface area contributed by atoms with Crippen molar-refractivity contribution in [3.63, 3.8) is 0 Å². The Balaban J connectivity index is 2.05. The van der Waals surface area contributed by atoms with Crippen LogP contribution in [0.4, 0.5) is 5.82 Å². The zero-order valence-corrected chi connectivity index (χ0v) is 10.2. The van der Waals surface area contributed by atoms with Gasteiger partial charge in [-0.3, -0.25) is 4.98 Å². The van der Waals surface area contributed by atoms with E-state index in [0.29, 0.717) is 0 Å². The van der Waals surface area contributed by atoms with Crippen LogP contribution in [0.2, 0.25) is 0 Å². The zero-order valence-electron chi connectivity index (χ0n) is 10.2. The van der Waals surface area contributed by atoms with Gasteiger partial charge in [0.25, 0.3) is 0 Å². The molecular weight excluding hydrogens is 212 g/mol. The molecule has 1 fully saturated rings. The van der Waals surface area contributed by atoms with Crippen molar-refractivity contribution in [3.05, 3.63) is 18.0 Å². The molecule has 2 heterocycles. The Morgan fingerprint density at radius 1 is 1.29 bits per heavy atom. The zero-order chi connectivity index (χ0) is 11.8. The molecule has 4 nitrogen and oxygen atoms in total. The molecule has 0 atom stereocenters. The number of anilines is 1. The molecule has 17 heavy (non-hydrogen) atoms. The van der Waals surface area contributed by atoms with Gasteiger partial charge in [-0.25, -0.2) is 4.98 Å². The molecule has 2 aromatic heterocycles. The number of hydrogen-bond donors (Lipinski definition) is 1. The number of nitrogens with zero attached hydrogens (tertiary/aromatic N) is 3. The molecule has 0 radical (unpaired) electrons. The van der Waals surface area contributed by atoms with E-state index in [2.05, 4.69) is 14.5 Å². The normalized spacial score (nSPS) is 17.0. The van der Waals surface area contributed by atoms with Crippen LogP contribution in [0.5, 0.6) is 0 Å². The first-order valence-electron chi connectivity index (χ1n) is 6.32. The summed E-state index contributed by atoms with van der Waals surface area (Å²) in [6.07, 6.45) is 8.82. The minimum atomic E-state index is 0.759. The monoisotopic (exact) mass is 230 g/mol. The van der Waals surface area contributed by atoms with Crippen LogP contribution in [0.15, 0.2) is 12.4 Å². The lowest BCUT2D eigenvalue weighted by Crippen LogP contribution is -2.10. The van der Waals surface area contributed by atoms with Crippen molar-refractivity contribution in [3.8, 4) is 0 Å². The van der Waals surface area contributed by atoms with Crippen LogP contribution in [0.25, 0.3) is 11.2 Å². The van der Waals surface area contributed by atoms with Crippen LogP contribution in [0, 0.1) is 12.8 Å². The molecule has 0 amide bonds. The Morgan fingerprint density at radius 3 is 2.76 bits per heavy atom. The van der Waals surface area contributed by atoms with E-state index >= 15 is 0 Å². The van der Waals surface area contributed by atoms with Gasteiger partial charge >= 0.3 is 0 Å². The number of rotatable bonds is 2. The predicted octanol–water partition coefficient (Wildman–Crippen LogP) is 2.51. The second-order valence-electron chi connectivity index (χ2n) is 5.00. The van der Waals surface area contributed by atoms with Gasteiger partial charge in [-0.1, -0.05) is 12.8 Å². The van der Waals surface area contributed by atoms with Crippen LogP contribution in [0.1, 0.15) is 31.2 Å². The smallest absolute Gasteiger partial charge is 0.160 e. The van der Waals surface area contributed by atoms with Crippen LogP contribution in [0.3, 0.4) is 0 Å². The first-order chi connectivity index (χ1) is 8.27.